The highest BCUT2D eigenvalue weighted by Crippen LogP contribution is 2.32. The van der Waals surface area contributed by atoms with Gasteiger partial charge in [-0.25, -0.2) is 0 Å². The van der Waals surface area contributed by atoms with Crippen LogP contribution in [0.3, 0.4) is 0 Å². The van der Waals surface area contributed by atoms with Crippen LogP contribution in [0.25, 0.3) is 0 Å². The number of para-hydroxylation sites is 1. The fourth-order valence-corrected chi connectivity index (χ4v) is 3.90. The first kappa shape index (κ1) is 15.9. The Bertz CT molecular complexity index is 830. The van der Waals surface area contributed by atoms with E-state index in [0.717, 1.165) is 36.3 Å². The van der Waals surface area contributed by atoms with E-state index in [4.69, 9.17) is 0 Å². The standard InChI is InChI=1S/C21H22N2O2/c1-15-6-4-9-18(12-15)23-14-17(13-20(23)24)21(25)22-11-5-8-16-7-2-3-10-19(16)22/h2-4,6-7,9-10,12,17H,5,8,11,13-14H2,1H3. The molecule has 4 rings (SSSR count). The van der Waals surface area contributed by atoms with Gasteiger partial charge in [-0.2, -0.15) is 0 Å². The van der Waals surface area contributed by atoms with E-state index < -0.39 is 0 Å². The van der Waals surface area contributed by atoms with Crippen LogP contribution in [0, 0.1) is 12.8 Å². The predicted octanol–water partition coefficient (Wildman–Crippen LogP) is 3.33. The number of nitrogens with zero attached hydrogens (tertiary/aromatic N) is 2. The van der Waals surface area contributed by atoms with Crippen molar-refractivity contribution in [3.8, 4) is 0 Å². The molecule has 0 radical (unpaired) electrons. The van der Waals surface area contributed by atoms with Gasteiger partial charge in [0.2, 0.25) is 11.8 Å². The van der Waals surface area contributed by atoms with Gasteiger partial charge in [0.25, 0.3) is 0 Å². The molecule has 0 N–H and O–H groups in total. The summed E-state index contributed by atoms with van der Waals surface area (Å²) < 4.78 is 0. The van der Waals surface area contributed by atoms with Gasteiger partial charge in [0, 0.05) is 30.9 Å². The van der Waals surface area contributed by atoms with E-state index in [1.54, 1.807) is 4.90 Å². The smallest absolute Gasteiger partial charge is 0.232 e. The molecule has 0 aliphatic carbocycles. The van der Waals surface area contributed by atoms with Crippen molar-refractivity contribution < 1.29 is 9.59 Å². The number of hydrogen-bond donors (Lipinski definition) is 0. The third-order valence-corrected chi connectivity index (χ3v) is 5.16. The minimum absolute atomic E-state index is 0.0363. The number of benzene rings is 2. The third kappa shape index (κ3) is 2.93. The molecule has 2 aromatic carbocycles. The molecule has 4 heteroatoms. The number of aryl methyl sites for hydroxylation is 2. The number of carbonyl (C=O) groups excluding carboxylic acids is 2. The SMILES string of the molecule is Cc1cccc(N2CC(C(=O)N3CCCc4ccccc43)CC2=O)c1. The zero-order valence-corrected chi connectivity index (χ0v) is 14.4. The summed E-state index contributed by atoms with van der Waals surface area (Å²) in [6, 6.07) is 16.0. The molecule has 2 amide bonds. The Morgan fingerprint density at radius 3 is 2.80 bits per heavy atom. The molecule has 2 aliphatic heterocycles. The largest absolute Gasteiger partial charge is 0.312 e. The summed E-state index contributed by atoms with van der Waals surface area (Å²) in [5, 5.41) is 0. The average Bonchev–Trinajstić information content (AvgIpc) is 3.02. The van der Waals surface area contributed by atoms with Gasteiger partial charge in [-0.05, 0) is 49.1 Å². The zero-order chi connectivity index (χ0) is 17.4. The molecule has 25 heavy (non-hydrogen) atoms. The summed E-state index contributed by atoms with van der Waals surface area (Å²) in [4.78, 5) is 29.2. The van der Waals surface area contributed by atoms with Crippen molar-refractivity contribution in [2.45, 2.75) is 26.2 Å². The highest BCUT2D eigenvalue weighted by Gasteiger charge is 2.38. The molecule has 2 aliphatic rings. The summed E-state index contributed by atoms with van der Waals surface area (Å²) in [5.41, 5.74) is 4.24. The van der Waals surface area contributed by atoms with Crippen LogP contribution in [-0.4, -0.2) is 24.9 Å². The number of fused-ring (bicyclic) bond motifs is 1. The first-order chi connectivity index (χ1) is 12.1. The van der Waals surface area contributed by atoms with Gasteiger partial charge in [-0.1, -0.05) is 30.3 Å². The van der Waals surface area contributed by atoms with Gasteiger partial charge >= 0.3 is 0 Å². The lowest BCUT2D eigenvalue weighted by Gasteiger charge is -2.31. The molecular weight excluding hydrogens is 312 g/mol. The van der Waals surface area contributed by atoms with Crippen LogP contribution in [0.5, 0.6) is 0 Å². The number of rotatable bonds is 2. The Morgan fingerprint density at radius 2 is 1.96 bits per heavy atom. The van der Waals surface area contributed by atoms with E-state index in [1.807, 2.05) is 54.3 Å². The van der Waals surface area contributed by atoms with Crippen molar-refractivity contribution in [1.29, 1.82) is 0 Å². The normalized spacial score (nSPS) is 19.9. The van der Waals surface area contributed by atoms with Gasteiger partial charge in [0.15, 0.2) is 0 Å². The molecule has 128 valence electrons. The Kier molecular flexibility index (Phi) is 4.04. The summed E-state index contributed by atoms with van der Waals surface area (Å²) >= 11 is 0. The van der Waals surface area contributed by atoms with Gasteiger partial charge in [0.1, 0.15) is 0 Å². The highest BCUT2D eigenvalue weighted by atomic mass is 16.2. The monoisotopic (exact) mass is 334 g/mol. The maximum atomic E-state index is 13.1. The molecule has 2 aromatic rings. The van der Waals surface area contributed by atoms with Crippen LogP contribution in [0.15, 0.2) is 48.5 Å². The Morgan fingerprint density at radius 1 is 1.12 bits per heavy atom. The number of carbonyl (C=O) groups is 2. The first-order valence-electron chi connectivity index (χ1n) is 8.90. The highest BCUT2D eigenvalue weighted by molar-refractivity contribution is 6.04. The van der Waals surface area contributed by atoms with E-state index >= 15 is 0 Å². The Balaban J connectivity index is 1.56. The third-order valence-electron chi connectivity index (χ3n) is 5.16. The minimum atomic E-state index is -0.265. The van der Waals surface area contributed by atoms with Crippen LogP contribution in [-0.2, 0) is 16.0 Å². The second-order valence-corrected chi connectivity index (χ2v) is 6.97. The van der Waals surface area contributed by atoms with Crippen LogP contribution < -0.4 is 9.80 Å². The van der Waals surface area contributed by atoms with Crippen LogP contribution in [0.2, 0.25) is 0 Å². The lowest BCUT2D eigenvalue weighted by molar-refractivity contribution is -0.124. The van der Waals surface area contributed by atoms with E-state index in [9.17, 15) is 9.59 Å². The summed E-state index contributed by atoms with van der Waals surface area (Å²) in [5.74, 6) is -0.149. The quantitative estimate of drug-likeness (QED) is 0.845. The summed E-state index contributed by atoms with van der Waals surface area (Å²) in [6.07, 6.45) is 2.29. The van der Waals surface area contributed by atoms with E-state index in [1.165, 1.54) is 5.56 Å². The molecule has 1 atom stereocenters. The molecule has 0 aromatic heterocycles. The zero-order valence-electron chi connectivity index (χ0n) is 14.4. The maximum Gasteiger partial charge on any atom is 0.232 e. The second-order valence-electron chi connectivity index (χ2n) is 6.97. The lowest BCUT2D eigenvalue weighted by Crippen LogP contribution is -2.40. The average molecular weight is 334 g/mol. The van der Waals surface area contributed by atoms with Crippen molar-refractivity contribution >= 4 is 23.2 Å². The lowest BCUT2D eigenvalue weighted by atomic mass is 9.99. The van der Waals surface area contributed by atoms with Gasteiger partial charge < -0.3 is 9.80 Å². The van der Waals surface area contributed by atoms with Crippen LogP contribution >= 0.6 is 0 Å². The van der Waals surface area contributed by atoms with Gasteiger partial charge in [-0.3, -0.25) is 9.59 Å². The molecule has 1 saturated heterocycles. The number of amides is 2. The molecule has 2 heterocycles. The van der Waals surface area contributed by atoms with E-state index in [2.05, 4.69) is 6.07 Å². The minimum Gasteiger partial charge on any atom is -0.312 e. The predicted molar refractivity (Wildman–Crippen MR) is 98.8 cm³/mol. The van der Waals surface area contributed by atoms with Gasteiger partial charge in [-0.15, -0.1) is 0 Å². The van der Waals surface area contributed by atoms with Crippen molar-refractivity contribution in [2.75, 3.05) is 22.9 Å². The first-order valence-corrected chi connectivity index (χ1v) is 8.90. The molecule has 0 spiro atoms. The van der Waals surface area contributed by atoms with Crippen molar-refractivity contribution in [3.63, 3.8) is 0 Å². The van der Waals surface area contributed by atoms with Crippen LogP contribution in [0.4, 0.5) is 11.4 Å². The molecule has 1 unspecified atom stereocenters. The van der Waals surface area contributed by atoms with E-state index in [-0.39, 0.29) is 17.7 Å². The molecular formula is C21H22N2O2. The molecule has 1 fully saturated rings. The summed E-state index contributed by atoms with van der Waals surface area (Å²) in [7, 11) is 0. The fourth-order valence-electron chi connectivity index (χ4n) is 3.90. The van der Waals surface area contributed by atoms with E-state index in [0.29, 0.717) is 13.0 Å². The van der Waals surface area contributed by atoms with Crippen LogP contribution in [0.1, 0.15) is 24.0 Å². The van der Waals surface area contributed by atoms with Crippen molar-refractivity contribution in [1.82, 2.24) is 0 Å². The van der Waals surface area contributed by atoms with Gasteiger partial charge in [0.05, 0.1) is 5.92 Å². The Hall–Kier alpha value is -2.62. The fraction of sp³-hybridized carbons (Fsp3) is 0.333. The molecule has 0 bridgehead atoms. The van der Waals surface area contributed by atoms with Crippen molar-refractivity contribution in [2.24, 2.45) is 5.92 Å². The number of hydrogen-bond acceptors (Lipinski definition) is 2. The molecule has 4 nitrogen and oxygen atoms in total. The topological polar surface area (TPSA) is 40.6 Å². The Labute approximate surface area is 148 Å². The maximum absolute atomic E-state index is 13.1. The molecule has 0 saturated carbocycles. The summed E-state index contributed by atoms with van der Waals surface area (Å²) in [6.45, 7) is 3.22. The second kappa shape index (κ2) is 6.36. The number of anilines is 2. The van der Waals surface area contributed by atoms with Crippen molar-refractivity contribution in [3.05, 3.63) is 59.7 Å².